The van der Waals surface area contributed by atoms with Crippen molar-refractivity contribution in [2.75, 3.05) is 23.7 Å². The Labute approximate surface area is 93.1 Å². The van der Waals surface area contributed by atoms with Crippen molar-refractivity contribution in [1.29, 1.82) is 0 Å². The van der Waals surface area contributed by atoms with Crippen LogP contribution in [0.1, 0.15) is 27.2 Å². The maximum Gasteiger partial charge on any atom is 0.0341 e. The second kappa shape index (κ2) is 6.33. The fourth-order valence-corrected chi connectivity index (χ4v) is 1.42. The minimum atomic E-state index is 0.763. The largest absolute Gasteiger partial charge is 0.385 e. The number of anilines is 2. The van der Waals surface area contributed by atoms with Crippen LogP contribution >= 0.6 is 0 Å². The summed E-state index contributed by atoms with van der Waals surface area (Å²) in [5.41, 5.74) is 2.39. The van der Waals surface area contributed by atoms with Gasteiger partial charge in [0.05, 0.1) is 0 Å². The molecule has 1 aromatic carbocycles. The molecule has 84 valence electrons. The lowest BCUT2D eigenvalue weighted by Crippen LogP contribution is -2.04. The zero-order valence-electron chi connectivity index (χ0n) is 10.0. The van der Waals surface area contributed by atoms with Gasteiger partial charge in [-0.25, -0.2) is 0 Å². The highest BCUT2D eigenvalue weighted by Crippen LogP contribution is 2.13. The molecular weight excluding hydrogens is 184 g/mol. The molecule has 0 amide bonds. The summed E-state index contributed by atoms with van der Waals surface area (Å²) >= 11 is 0. The number of benzene rings is 1. The van der Waals surface area contributed by atoms with Crippen LogP contribution in [0.15, 0.2) is 24.3 Å². The summed E-state index contributed by atoms with van der Waals surface area (Å²) in [4.78, 5) is 0. The van der Waals surface area contributed by atoms with Crippen LogP contribution in [0.2, 0.25) is 0 Å². The third-order valence-corrected chi connectivity index (χ3v) is 2.32. The molecule has 0 fully saturated rings. The molecule has 0 saturated carbocycles. The highest BCUT2D eigenvalue weighted by Gasteiger charge is 1.95. The maximum atomic E-state index is 3.42. The van der Waals surface area contributed by atoms with Gasteiger partial charge in [0.15, 0.2) is 0 Å². The smallest absolute Gasteiger partial charge is 0.0341 e. The Morgan fingerprint density at radius 1 is 1.00 bits per heavy atom. The molecule has 15 heavy (non-hydrogen) atoms. The van der Waals surface area contributed by atoms with Crippen LogP contribution in [-0.4, -0.2) is 13.1 Å². The highest BCUT2D eigenvalue weighted by atomic mass is 14.9. The van der Waals surface area contributed by atoms with E-state index in [9.17, 15) is 0 Å². The minimum absolute atomic E-state index is 0.763. The fourth-order valence-electron chi connectivity index (χ4n) is 1.42. The van der Waals surface area contributed by atoms with E-state index in [2.05, 4.69) is 55.7 Å². The van der Waals surface area contributed by atoms with Crippen LogP contribution in [0.5, 0.6) is 0 Å². The van der Waals surface area contributed by atoms with Gasteiger partial charge in [0.25, 0.3) is 0 Å². The average Bonchev–Trinajstić information content (AvgIpc) is 2.20. The van der Waals surface area contributed by atoms with Crippen LogP contribution in [0.25, 0.3) is 0 Å². The van der Waals surface area contributed by atoms with Gasteiger partial charge in [0, 0.05) is 24.5 Å². The van der Waals surface area contributed by atoms with Crippen molar-refractivity contribution in [3.05, 3.63) is 24.3 Å². The first-order valence-corrected chi connectivity index (χ1v) is 5.80. The van der Waals surface area contributed by atoms with E-state index in [-0.39, 0.29) is 0 Å². The van der Waals surface area contributed by atoms with Crippen LogP contribution < -0.4 is 10.6 Å². The first-order chi connectivity index (χ1) is 7.22. The number of rotatable bonds is 6. The van der Waals surface area contributed by atoms with Crippen molar-refractivity contribution in [3.8, 4) is 0 Å². The normalized spacial score (nSPS) is 10.4. The Hall–Kier alpha value is -1.18. The van der Waals surface area contributed by atoms with E-state index in [4.69, 9.17) is 0 Å². The summed E-state index contributed by atoms with van der Waals surface area (Å²) in [5, 5.41) is 6.70. The van der Waals surface area contributed by atoms with Gasteiger partial charge in [-0.15, -0.1) is 0 Å². The second-order valence-electron chi connectivity index (χ2n) is 4.22. The lowest BCUT2D eigenvalue weighted by molar-refractivity contribution is 0.607. The molecule has 0 bridgehead atoms. The summed E-state index contributed by atoms with van der Waals surface area (Å²) in [6.45, 7) is 8.62. The Kier molecular flexibility index (Phi) is 5.02. The predicted molar refractivity (Wildman–Crippen MR) is 68.6 cm³/mol. The van der Waals surface area contributed by atoms with Gasteiger partial charge >= 0.3 is 0 Å². The van der Waals surface area contributed by atoms with E-state index in [0.717, 1.165) is 19.0 Å². The molecule has 0 aliphatic carbocycles. The van der Waals surface area contributed by atoms with E-state index < -0.39 is 0 Å². The van der Waals surface area contributed by atoms with Crippen LogP contribution in [0.4, 0.5) is 11.4 Å². The number of hydrogen-bond donors (Lipinski definition) is 2. The molecule has 0 atom stereocenters. The summed E-state index contributed by atoms with van der Waals surface area (Å²) in [6, 6.07) is 8.47. The van der Waals surface area contributed by atoms with E-state index >= 15 is 0 Å². The predicted octanol–water partition coefficient (Wildman–Crippen LogP) is 3.58. The Morgan fingerprint density at radius 3 is 2.00 bits per heavy atom. The van der Waals surface area contributed by atoms with Crippen molar-refractivity contribution in [2.45, 2.75) is 27.2 Å². The zero-order chi connectivity index (χ0) is 11.1. The quantitative estimate of drug-likeness (QED) is 0.743. The highest BCUT2D eigenvalue weighted by molar-refractivity contribution is 5.53. The fraction of sp³-hybridized carbons (Fsp3) is 0.538. The molecule has 2 nitrogen and oxygen atoms in total. The average molecular weight is 206 g/mol. The molecule has 0 radical (unpaired) electrons. The van der Waals surface area contributed by atoms with Gasteiger partial charge in [0.2, 0.25) is 0 Å². The minimum Gasteiger partial charge on any atom is -0.385 e. The Bertz CT molecular complexity index is 264. The van der Waals surface area contributed by atoms with E-state index in [1.165, 1.54) is 17.8 Å². The van der Waals surface area contributed by atoms with Gasteiger partial charge in [-0.2, -0.15) is 0 Å². The van der Waals surface area contributed by atoms with E-state index in [1.807, 2.05) is 0 Å². The van der Waals surface area contributed by atoms with E-state index in [0.29, 0.717) is 0 Å². The third-order valence-electron chi connectivity index (χ3n) is 2.32. The molecule has 0 unspecified atom stereocenters. The first kappa shape index (κ1) is 11.9. The van der Waals surface area contributed by atoms with Crippen LogP contribution in [0.3, 0.4) is 0 Å². The number of nitrogens with one attached hydrogen (secondary N) is 2. The Balaban J connectivity index is 2.36. The van der Waals surface area contributed by atoms with Gasteiger partial charge in [0.1, 0.15) is 0 Å². The molecule has 0 aromatic heterocycles. The molecule has 0 spiro atoms. The number of hydrogen-bond acceptors (Lipinski definition) is 2. The maximum absolute atomic E-state index is 3.42. The van der Waals surface area contributed by atoms with Gasteiger partial charge in [-0.1, -0.05) is 13.8 Å². The molecule has 1 aromatic rings. The molecule has 0 aliphatic rings. The SMILES string of the molecule is CCNc1ccc(NCCC(C)C)cc1. The van der Waals surface area contributed by atoms with Crippen molar-refractivity contribution in [1.82, 2.24) is 0 Å². The second-order valence-corrected chi connectivity index (χ2v) is 4.22. The summed E-state index contributed by atoms with van der Waals surface area (Å²) in [7, 11) is 0. The van der Waals surface area contributed by atoms with Crippen LogP contribution in [0, 0.1) is 5.92 Å². The lowest BCUT2D eigenvalue weighted by atomic mass is 10.1. The molecule has 1 rings (SSSR count). The topological polar surface area (TPSA) is 24.1 Å². The van der Waals surface area contributed by atoms with Crippen molar-refractivity contribution < 1.29 is 0 Å². The molecule has 0 aliphatic heterocycles. The van der Waals surface area contributed by atoms with Crippen molar-refractivity contribution in [2.24, 2.45) is 5.92 Å². The lowest BCUT2D eigenvalue weighted by Gasteiger charge is -2.09. The van der Waals surface area contributed by atoms with Gasteiger partial charge in [-0.05, 0) is 43.5 Å². The summed E-state index contributed by atoms with van der Waals surface area (Å²) in [6.07, 6.45) is 1.22. The zero-order valence-corrected chi connectivity index (χ0v) is 10.0. The third kappa shape index (κ3) is 4.73. The molecule has 2 heteroatoms. The summed E-state index contributed by atoms with van der Waals surface area (Å²) < 4.78 is 0. The molecular formula is C13H22N2. The van der Waals surface area contributed by atoms with Gasteiger partial charge in [-0.3, -0.25) is 0 Å². The molecule has 0 saturated heterocycles. The van der Waals surface area contributed by atoms with Crippen molar-refractivity contribution in [3.63, 3.8) is 0 Å². The van der Waals surface area contributed by atoms with Crippen molar-refractivity contribution >= 4 is 11.4 Å². The van der Waals surface area contributed by atoms with Gasteiger partial charge < -0.3 is 10.6 Å². The monoisotopic (exact) mass is 206 g/mol. The standard InChI is InChI=1S/C13H22N2/c1-4-14-12-5-7-13(8-6-12)15-10-9-11(2)3/h5-8,11,14-15H,4,9-10H2,1-3H3. The first-order valence-electron chi connectivity index (χ1n) is 5.80. The molecule has 2 N–H and O–H groups in total. The Morgan fingerprint density at radius 2 is 1.53 bits per heavy atom. The van der Waals surface area contributed by atoms with E-state index in [1.54, 1.807) is 0 Å². The summed E-state index contributed by atoms with van der Waals surface area (Å²) in [5.74, 6) is 0.763. The van der Waals surface area contributed by atoms with Crippen LogP contribution in [-0.2, 0) is 0 Å². The molecule has 0 heterocycles.